The summed E-state index contributed by atoms with van der Waals surface area (Å²) in [5, 5.41) is 15.3. The van der Waals surface area contributed by atoms with Crippen molar-refractivity contribution < 1.29 is 33.8 Å². The zero-order valence-corrected chi connectivity index (χ0v) is 24.1. The number of hydrogen-bond acceptors (Lipinski definition) is 7. The molecule has 0 saturated heterocycles. The molecule has 2 atom stereocenters. The minimum absolute atomic E-state index is 0.0195. The number of rotatable bonds is 13. The highest BCUT2D eigenvalue weighted by Gasteiger charge is 2.36. The SMILES string of the molecule is CCOC(=O)CCNC(=O)C(c1cc(C)cc(C)c1)N(CCO)C(=O)C(CC(C)C)NC(=O)OC(C)(C)C. The van der Waals surface area contributed by atoms with Crippen LogP contribution < -0.4 is 10.6 Å². The van der Waals surface area contributed by atoms with E-state index >= 15 is 0 Å². The molecule has 0 aliphatic rings. The Bertz CT molecular complexity index is 936. The minimum Gasteiger partial charge on any atom is -0.466 e. The number of aliphatic hydroxyl groups is 1. The van der Waals surface area contributed by atoms with Gasteiger partial charge in [0.2, 0.25) is 11.8 Å². The van der Waals surface area contributed by atoms with E-state index < -0.39 is 48.2 Å². The summed E-state index contributed by atoms with van der Waals surface area (Å²) in [6.07, 6.45) is -0.477. The van der Waals surface area contributed by atoms with Crippen molar-refractivity contribution in [2.24, 2.45) is 5.92 Å². The summed E-state index contributed by atoms with van der Waals surface area (Å²) < 4.78 is 10.3. The van der Waals surface area contributed by atoms with Crippen LogP contribution in [0, 0.1) is 19.8 Å². The van der Waals surface area contributed by atoms with Crippen LogP contribution in [0.4, 0.5) is 4.79 Å². The topological polar surface area (TPSA) is 134 Å². The Balaban J connectivity index is 3.41. The molecule has 0 aliphatic carbocycles. The predicted molar refractivity (Wildman–Crippen MR) is 144 cm³/mol. The first-order valence-corrected chi connectivity index (χ1v) is 13.1. The summed E-state index contributed by atoms with van der Waals surface area (Å²) in [5.74, 6) is -1.45. The van der Waals surface area contributed by atoms with E-state index in [-0.39, 0.29) is 32.0 Å². The van der Waals surface area contributed by atoms with Crippen molar-refractivity contribution in [1.82, 2.24) is 15.5 Å². The van der Waals surface area contributed by atoms with Crippen LogP contribution in [0.2, 0.25) is 0 Å². The molecule has 3 N–H and O–H groups in total. The van der Waals surface area contributed by atoms with E-state index in [9.17, 15) is 24.3 Å². The Morgan fingerprint density at radius 2 is 1.66 bits per heavy atom. The summed E-state index contributed by atoms with van der Waals surface area (Å²) in [5.41, 5.74) is 1.58. The second-order valence-corrected chi connectivity index (χ2v) is 10.8. The van der Waals surface area contributed by atoms with E-state index in [1.54, 1.807) is 39.8 Å². The van der Waals surface area contributed by atoms with Gasteiger partial charge in [0.15, 0.2) is 0 Å². The lowest BCUT2D eigenvalue weighted by Gasteiger charge is -2.34. The van der Waals surface area contributed by atoms with E-state index in [1.165, 1.54) is 4.90 Å². The number of esters is 1. The maximum Gasteiger partial charge on any atom is 0.408 e. The number of ether oxygens (including phenoxy) is 2. The molecule has 0 spiro atoms. The molecule has 0 saturated carbocycles. The lowest BCUT2D eigenvalue weighted by Crippen LogP contribution is -2.54. The Kier molecular flexibility index (Phi) is 13.3. The number of benzene rings is 1. The van der Waals surface area contributed by atoms with Crippen molar-refractivity contribution in [3.05, 3.63) is 34.9 Å². The minimum atomic E-state index is -1.11. The normalized spacial score (nSPS) is 12.9. The predicted octanol–water partition coefficient (Wildman–Crippen LogP) is 3.17. The lowest BCUT2D eigenvalue weighted by atomic mass is 9.97. The quantitative estimate of drug-likeness (QED) is 0.330. The number of aliphatic hydroxyl groups excluding tert-OH is 1. The molecule has 0 fully saturated rings. The number of carbonyl (C=O) groups excluding carboxylic acids is 4. The third kappa shape index (κ3) is 11.5. The van der Waals surface area contributed by atoms with E-state index in [0.29, 0.717) is 12.0 Å². The molecule has 0 aromatic heterocycles. The smallest absolute Gasteiger partial charge is 0.408 e. The summed E-state index contributed by atoms with van der Waals surface area (Å²) >= 11 is 0. The molecule has 0 aliphatic heterocycles. The molecule has 214 valence electrons. The highest BCUT2D eigenvalue weighted by Crippen LogP contribution is 2.26. The Morgan fingerprint density at radius 3 is 2.16 bits per heavy atom. The van der Waals surface area contributed by atoms with Gasteiger partial charge in [0.05, 0.1) is 19.6 Å². The van der Waals surface area contributed by atoms with Gasteiger partial charge >= 0.3 is 12.1 Å². The number of nitrogens with zero attached hydrogens (tertiary/aromatic N) is 1. The molecule has 1 aromatic carbocycles. The molecular weight excluding hydrogens is 490 g/mol. The lowest BCUT2D eigenvalue weighted by molar-refractivity contribution is -0.144. The maximum absolute atomic E-state index is 13.9. The second-order valence-electron chi connectivity index (χ2n) is 10.8. The number of amides is 3. The van der Waals surface area contributed by atoms with Crippen molar-refractivity contribution in [2.45, 2.75) is 85.9 Å². The van der Waals surface area contributed by atoms with Gasteiger partial charge in [-0.25, -0.2) is 4.79 Å². The van der Waals surface area contributed by atoms with Crippen molar-refractivity contribution in [3.8, 4) is 0 Å². The molecule has 10 heteroatoms. The fraction of sp³-hybridized carbons (Fsp3) is 0.643. The van der Waals surface area contributed by atoms with Crippen LogP contribution in [0.3, 0.4) is 0 Å². The molecule has 10 nitrogen and oxygen atoms in total. The van der Waals surface area contributed by atoms with Gasteiger partial charge in [0.25, 0.3) is 0 Å². The molecule has 3 amide bonds. The Morgan fingerprint density at radius 1 is 1.05 bits per heavy atom. The zero-order chi connectivity index (χ0) is 29.0. The van der Waals surface area contributed by atoms with Crippen molar-refractivity contribution in [1.29, 1.82) is 0 Å². The van der Waals surface area contributed by atoms with Gasteiger partial charge in [-0.2, -0.15) is 0 Å². The van der Waals surface area contributed by atoms with Gasteiger partial charge in [-0.15, -0.1) is 0 Å². The highest BCUT2D eigenvalue weighted by atomic mass is 16.6. The molecule has 2 unspecified atom stereocenters. The largest absolute Gasteiger partial charge is 0.466 e. The van der Waals surface area contributed by atoms with Gasteiger partial charge < -0.3 is 30.1 Å². The van der Waals surface area contributed by atoms with Crippen LogP contribution in [0.1, 0.15) is 77.1 Å². The Labute approximate surface area is 226 Å². The van der Waals surface area contributed by atoms with Gasteiger partial charge in [-0.1, -0.05) is 43.2 Å². The number of alkyl carbamates (subject to hydrolysis) is 1. The second kappa shape index (κ2) is 15.3. The van der Waals surface area contributed by atoms with Crippen LogP contribution in [0.25, 0.3) is 0 Å². The number of carbonyl (C=O) groups is 4. The summed E-state index contributed by atoms with van der Waals surface area (Å²) in [4.78, 5) is 53.1. The fourth-order valence-corrected chi connectivity index (χ4v) is 4.08. The van der Waals surface area contributed by atoms with Crippen molar-refractivity contribution in [2.75, 3.05) is 26.3 Å². The fourth-order valence-electron chi connectivity index (χ4n) is 4.08. The summed E-state index contributed by atoms with van der Waals surface area (Å²) in [6.45, 7) is 14.2. The maximum atomic E-state index is 13.9. The van der Waals surface area contributed by atoms with Crippen LogP contribution in [0.5, 0.6) is 0 Å². The van der Waals surface area contributed by atoms with E-state index in [2.05, 4.69) is 10.6 Å². The average Bonchev–Trinajstić information content (AvgIpc) is 2.75. The van der Waals surface area contributed by atoms with Gasteiger partial charge in [-0.05, 0) is 59.4 Å². The first-order chi connectivity index (χ1) is 17.7. The molecule has 1 aromatic rings. The van der Waals surface area contributed by atoms with Gasteiger partial charge in [-0.3, -0.25) is 14.4 Å². The van der Waals surface area contributed by atoms with Crippen LogP contribution in [-0.4, -0.2) is 71.8 Å². The highest BCUT2D eigenvalue weighted by molar-refractivity contribution is 5.92. The zero-order valence-electron chi connectivity index (χ0n) is 24.1. The standard InChI is InChI=1S/C28H45N3O7/c1-9-37-23(33)10-11-29-25(34)24(21-16-19(4)15-20(5)17-21)31(12-13-32)26(35)22(14-18(2)3)30-27(36)38-28(6,7)8/h15-18,22,24,32H,9-14H2,1-8H3,(H,29,34)(H,30,36). The first-order valence-electron chi connectivity index (χ1n) is 13.1. The van der Waals surface area contributed by atoms with E-state index in [1.807, 2.05) is 33.8 Å². The van der Waals surface area contributed by atoms with Crippen molar-refractivity contribution in [3.63, 3.8) is 0 Å². The third-order valence-corrected chi connectivity index (χ3v) is 5.37. The molecule has 0 radical (unpaired) electrons. The monoisotopic (exact) mass is 535 g/mol. The van der Waals surface area contributed by atoms with E-state index in [0.717, 1.165) is 11.1 Å². The summed E-state index contributed by atoms with van der Waals surface area (Å²) in [7, 11) is 0. The number of hydrogen-bond donors (Lipinski definition) is 3. The first kappa shape index (κ1) is 32.9. The van der Waals surface area contributed by atoms with Crippen LogP contribution in [-0.2, 0) is 23.9 Å². The molecular formula is C28H45N3O7. The average molecular weight is 536 g/mol. The number of aryl methyl sites for hydroxylation is 2. The number of nitrogens with one attached hydrogen (secondary N) is 2. The summed E-state index contributed by atoms with van der Waals surface area (Å²) in [6, 6.07) is 3.46. The molecule has 0 bridgehead atoms. The van der Waals surface area contributed by atoms with E-state index in [4.69, 9.17) is 9.47 Å². The van der Waals surface area contributed by atoms with Crippen molar-refractivity contribution >= 4 is 23.9 Å². The van der Waals surface area contributed by atoms with Crippen LogP contribution in [0.15, 0.2) is 18.2 Å². The van der Waals surface area contributed by atoms with Gasteiger partial charge in [0, 0.05) is 13.1 Å². The molecule has 38 heavy (non-hydrogen) atoms. The third-order valence-electron chi connectivity index (χ3n) is 5.37. The molecule has 0 heterocycles. The van der Waals surface area contributed by atoms with Gasteiger partial charge in [0.1, 0.15) is 17.7 Å². The Hall–Kier alpha value is -3.14. The molecule has 1 rings (SSSR count). The van der Waals surface area contributed by atoms with Crippen LogP contribution >= 0.6 is 0 Å².